The fourth-order valence-electron chi connectivity index (χ4n) is 3.53. The van der Waals surface area contributed by atoms with Gasteiger partial charge in [-0.1, -0.05) is 30.3 Å². The zero-order valence-electron chi connectivity index (χ0n) is 16.5. The third-order valence-corrected chi connectivity index (χ3v) is 4.97. The number of aromatic nitrogens is 3. The summed E-state index contributed by atoms with van der Waals surface area (Å²) in [5, 5.41) is 4.39. The summed E-state index contributed by atoms with van der Waals surface area (Å²) in [6.45, 7) is 0. The molecule has 0 atom stereocenters. The number of fused-ring (bicyclic) bond motifs is 1. The SMILES string of the molecule is COC(=O)c1c(-c2cnn(C)c2)oc2c(CCc3ccccc3)cn(C)c(=O)c12. The number of nitrogens with zero attached hydrogens (tertiary/aromatic N) is 3. The predicted octanol–water partition coefficient (Wildman–Crippen LogP) is 3.10. The smallest absolute Gasteiger partial charge is 0.342 e. The first-order valence-corrected chi connectivity index (χ1v) is 9.26. The van der Waals surface area contributed by atoms with Gasteiger partial charge in [-0.3, -0.25) is 9.48 Å². The van der Waals surface area contributed by atoms with Gasteiger partial charge in [0.15, 0.2) is 5.76 Å². The zero-order chi connectivity index (χ0) is 20.5. The summed E-state index contributed by atoms with van der Waals surface area (Å²) in [4.78, 5) is 25.5. The molecule has 3 aromatic heterocycles. The van der Waals surface area contributed by atoms with E-state index in [1.807, 2.05) is 18.2 Å². The second-order valence-electron chi connectivity index (χ2n) is 6.96. The van der Waals surface area contributed by atoms with Crippen LogP contribution in [-0.4, -0.2) is 27.4 Å². The first kappa shape index (κ1) is 18.7. The third kappa shape index (κ3) is 3.35. The molecule has 4 rings (SSSR count). The Morgan fingerprint density at radius 2 is 1.90 bits per heavy atom. The van der Waals surface area contributed by atoms with Gasteiger partial charge in [0.05, 0.1) is 18.9 Å². The van der Waals surface area contributed by atoms with Crippen LogP contribution >= 0.6 is 0 Å². The number of benzene rings is 1. The zero-order valence-corrected chi connectivity index (χ0v) is 16.5. The number of furan rings is 1. The number of aryl methyl sites for hydroxylation is 4. The van der Waals surface area contributed by atoms with Crippen LogP contribution in [0.25, 0.3) is 22.3 Å². The molecule has 0 N–H and O–H groups in total. The van der Waals surface area contributed by atoms with E-state index in [0.29, 0.717) is 23.3 Å². The maximum absolute atomic E-state index is 12.9. The average Bonchev–Trinajstić information content (AvgIpc) is 3.34. The first-order valence-electron chi connectivity index (χ1n) is 9.26. The average molecular weight is 391 g/mol. The number of hydrogen-bond acceptors (Lipinski definition) is 5. The van der Waals surface area contributed by atoms with E-state index in [0.717, 1.165) is 12.0 Å². The Morgan fingerprint density at radius 1 is 1.14 bits per heavy atom. The van der Waals surface area contributed by atoms with Crippen LogP contribution in [0.5, 0.6) is 0 Å². The van der Waals surface area contributed by atoms with Crippen LogP contribution in [0.2, 0.25) is 0 Å². The number of rotatable bonds is 5. The Bertz CT molecular complexity index is 1250. The number of ether oxygens (including phenoxy) is 1. The summed E-state index contributed by atoms with van der Waals surface area (Å²) in [6.07, 6.45) is 6.54. The molecule has 7 nitrogen and oxygen atoms in total. The molecule has 0 unspecified atom stereocenters. The lowest BCUT2D eigenvalue weighted by atomic mass is 10.0. The van der Waals surface area contributed by atoms with Gasteiger partial charge in [-0.25, -0.2) is 4.79 Å². The van der Waals surface area contributed by atoms with E-state index in [1.54, 1.807) is 37.4 Å². The summed E-state index contributed by atoms with van der Waals surface area (Å²) in [5.41, 5.74) is 2.90. The van der Waals surface area contributed by atoms with Crippen LogP contribution in [0.15, 0.2) is 58.1 Å². The molecular formula is C22H21N3O4. The number of methoxy groups -OCH3 is 1. The Kier molecular flexibility index (Phi) is 4.80. The quantitative estimate of drug-likeness (QED) is 0.489. The normalized spacial score (nSPS) is 11.1. The topological polar surface area (TPSA) is 79.3 Å². The van der Waals surface area contributed by atoms with Gasteiger partial charge in [0.1, 0.15) is 16.5 Å². The molecule has 0 aliphatic heterocycles. The lowest BCUT2D eigenvalue weighted by Gasteiger charge is -2.06. The maximum Gasteiger partial charge on any atom is 0.342 e. The molecule has 7 heteroatoms. The van der Waals surface area contributed by atoms with Crippen LogP contribution < -0.4 is 5.56 Å². The highest BCUT2D eigenvalue weighted by Gasteiger charge is 2.28. The molecule has 3 heterocycles. The van der Waals surface area contributed by atoms with E-state index in [2.05, 4.69) is 17.2 Å². The molecule has 0 radical (unpaired) electrons. The Hall–Kier alpha value is -3.61. The summed E-state index contributed by atoms with van der Waals surface area (Å²) in [6, 6.07) is 10.1. The van der Waals surface area contributed by atoms with Crippen LogP contribution in [-0.2, 0) is 31.7 Å². The van der Waals surface area contributed by atoms with E-state index < -0.39 is 5.97 Å². The third-order valence-electron chi connectivity index (χ3n) is 4.97. The van der Waals surface area contributed by atoms with Gasteiger partial charge in [-0.2, -0.15) is 5.10 Å². The van der Waals surface area contributed by atoms with Crippen molar-refractivity contribution in [3.8, 4) is 11.3 Å². The Morgan fingerprint density at radius 3 is 2.55 bits per heavy atom. The molecule has 0 bridgehead atoms. The van der Waals surface area contributed by atoms with E-state index in [9.17, 15) is 9.59 Å². The van der Waals surface area contributed by atoms with E-state index in [-0.39, 0.29) is 16.5 Å². The van der Waals surface area contributed by atoms with Gasteiger partial charge in [-0.15, -0.1) is 0 Å². The molecule has 0 saturated carbocycles. The van der Waals surface area contributed by atoms with E-state index in [1.165, 1.54) is 17.2 Å². The summed E-state index contributed by atoms with van der Waals surface area (Å²) < 4.78 is 14.2. The molecule has 0 saturated heterocycles. The minimum atomic E-state index is -0.611. The molecule has 0 amide bonds. The second kappa shape index (κ2) is 7.43. The van der Waals surface area contributed by atoms with Gasteiger partial charge in [0.25, 0.3) is 5.56 Å². The highest BCUT2D eigenvalue weighted by molar-refractivity contribution is 6.09. The largest absolute Gasteiger partial charge is 0.465 e. The minimum absolute atomic E-state index is 0.137. The second-order valence-corrected chi connectivity index (χ2v) is 6.96. The van der Waals surface area contributed by atoms with Crippen LogP contribution in [0.1, 0.15) is 21.5 Å². The van der Waals surface area contributed by atoms with Gasteiger partial charge >= 0.3 is 5.97 Å². The van der Waals surface area contributed by atoms with Gasteiger partial charge in [0.2, 0.25) is 0 Å². The number of hydrogen-bond donors (Lipinski definition) is 0. The molecule has 0 aliphatic rings. The molecule has 148 valence electrons. The standard InChI is InChI=1S/C22H21N3O4/c1-24-12-15(10-9-14-7-5-4-6-8-14)19-17(21(24)26)18(22(27)28-3)20(29-19)16-11-23-25(2)13-16/h4-8,11-13H,9-10H2,1-3H3. The maximum atomic E-state index is 12.9. The molecule has 4 aromatic rings. The summed E-state index contributed by atoms with van der Waals surface area (Å²) in [7, 11) is 4.73. The van der Waals surface area contributed by atoms with Crippen molar-refractivity contribution in [3.63, 3.8) is 0 Å². The van der Waals surface area contributed by atoms with Crippen LogP contribution in [0, 0.1) is 0 Å². The molecule has 0 spiro atoms. The van der Waals surface area contributed by atoms with Crippen molar-refractivity contribution in [2.75, 3.05) is 7.11 Å². The highest BCUT2D eigenvalue weighted by atomic mass is 16.5. The number of pyridine rings is 1. The van der Waals surface area contributed by atoms with Crippen molar-refractivity contribution >= 4 is 16.9 Å². The highest BCUT2D eigenvalue weighted by Crippen LogP contribution is 2.34. The van der Waals surface area contributed by atoms with Crippen LogP contribution in [0.4, 0.5) is 0 Å². The number of carbonyl (C=O) groups is 1. The van der Waals surface area contributed by atoms with Crippen molar-refractivity contribution in [3.05, 3.63) is 76.0 Å². The minimum Gasteiger partial charge on any atom is -0.465 e. The summed E-state index contributed by atoms with van der Waals surface area (Å²) in [5.74, 6) is -0.316. The Labute approximate surface area is 167 Å². The first-order chi connectivity index (χ1) is 14.0. The molecule has 29 heavy (non-hydrogen) atoms. The van der Waals surface area contributed by atoms with E-state index in [4.69, 9.17) is 9.15 Å². The van der Waals surface area contributed by atoms with Gasteiger partial charge in [0, 0.05) is 32.1 Å². The van der Waals surface area contributed by atoms with Crippen molar-refractivity contribution < 1.29 is 13.9 Å². The lowest BCUT2D eigenvalue weighted by Crippen LogP contribution is -2.19. The fourth-order valence-corrected chi connectivity index (χ4v) is 3.53. The van der Waals surface area contributed by atoms with Gasteiger partial charge < -0.3 is 13.7 Å². The molecule has 0 aliphatic carbocycles. The van der Waals surface area contributed by atoms with E-state index >= 15 is 0 Å². The van der Waals surface area contributed by atoms with Crippen molar-refractivity contribution in [1.82, 2.24) is 14.3 Å². The van der Waals surface area contributed by atoms with Crippen molar-refractivity contribution in [2.24, 2.45) is 14.1 Å². The monoisotopic (exact) mass is 391 g/mol. The Balaban J connectivity index is 1.92. The molecule has 1 aromatic carbocycles. The lowest BCUT2D eigenvalue weighted by molar-refractivity contribution is 0.0603. The van der Waals surface area contributed by atoms with Crippen molar-refractivity contribution in [2.45, 2.75) is 12.8 Å². The van der Waals surface area contributed by atoms with Gasteiger partial charge in [-0.05, 0) is 18.4 Å². The van der Waals surface area contributed by atoms with Crippen LogP contribution in [0.3, 0.4) is 0 Å². The van der Waals surface area contributed by atoms with Crippen molar-refractivity contribution in [1.29, 1.82) is 0 Å². The number of carbonyl (C=O) groups excluding carboxylic acids is 1. The molecular weight excluding hydrogens is 370 g/mol. The molecule has 0 fully saturated rings. The fraction of sp³-hybridized carbons (Fsp3) is 0.227. The summed E-state index contributed by atoms with van der Waals surface area (Å²) >= 11 is 0. The number of esters is 1. The predicted molar refractivity (Wildman–Crippen MR) is 109 cm³/mol.